The molecule has 264 valence electrons. The molecule has 0 aliphatic rings. The van der Waals surface area contributed by atoms with Crippen LogP contribution in [0.15, 0.2) is 170 Å². The minimum atomic E-state index is 0.0680. The van der Waals surface area contributed by atoms with Crippen LogP contribution in [0.1, 0.15) is 37.5 Å². The normalized spacial score (nSPS) is 12.1. The monoisotopic (exact) mass is 705 g/mol. The minimum Gasteiger partial charge on any atom is -0.309 e. The van der Waals surface area contributed by atoms with Gasteiger partial charge in [-0.15, -0.1) is 0 Å². The lowest BCUT2D eigenvalue weighted by molar-refractivity contribution is 0.590. The number of aryl methyl sites for hydroxylation is 2. The van der Waals surface area contributed by atoms with Gasteiger partial charge in [0.2, 0.25) is 0 Å². The lowest BCUT2D eigenvalue weighted by Gasteiger charge is -2.30. The highest BCUT2D eigenvalue weighted by Crippen LogP contribution is 2.49. The molecule has 0 aromatic heterocycles. The Kier molecular flexibility index (Phi) is 7.58. The van der Waals surface area contributed by atoms with E-state index in [4.69, 9.17) is 0 Å². The summed E-state index contributed by atoms with van der Waals surface area (Å²) in [4.78, 5) is 2.47. The van der Waals surface area contributed by atoms with Gasteiger partial charge in [-0.1, -0.05) is 166 Å². The van der Waals surface area contributed by atoms with Crippen LogP contribution in [0, 0.1) is 13.8 Å². The highest BCUT2D eigenvalue weighted by atomic mass is 15.1. The Morgan fingerprint density at radius 3 is 1.55 bits per heavy atom. The summed E-state index contributed by atoms with van der Waals surface area (Å²) < 4.78 is 0. The summed E-state index contributed by atoms with van der Waals surface area (Å²) in [5.41, 5.74) is 12.4. The molecule has 0 N–H and O–H groups in total. The van der Waals surface area contributed by atoms with Crippen LogP contribution in [0.25, 0.3) is 76.1 Å². The van der Waals surface area contributed by atoms with Crippen molar-refractivity contribution in [2.24, 2.45) is 0 Å². The molecule has 0 unspecified atom stereocenters. The molecule has 1 heteroatoms. The summed E-state index contributed by atoms with van der Waals surface area (Å²) in [5, 5.41) is 12.8. The molecule has 0 radical (unpaired) electrons. The van der Waals surface area contributed by atoms with Gasteiger partial charge in [-0.3, -0.25) is 0 Å². The standard InChI is InChI=1S/C54H43N/c1-34-17-25-42(26-18-34)55(43-27-23-41(24-28-43)54(3,4)5)53-48-15-8-6-13-45(48)51(46-14-7-9-16-49(46)53)40-32-35(2)31-39(33-40)44-29-21-38-20-19-36-11-10-12-37-22-30-47(44)52(38)50(36)37/h6-33H,1-5H3. The van der Waals surface area contributed by atoms with Crippen LogP contribution in [0.2, 0.25) is 0 Å². The zero-order valence-electron chi connectivity index (χ0n) is 32.1. The van der Waals surface area contributed by atoms with Crippen LogP contribution < -0.4 is 4.90 Å². The van der Waals surface area contributed by atoms with Crippen molar-refractivity contribution in [2.45, 2.75) is 40.0 Å². The zero-order chi connectivity index (χ0) is 37.4. The third-order valence-corrected chi connectivity index (χ3v) is 11.6. The highest BCUT2D eigenvalue weighted by Gasteiger charge is 2.23. The van der Waals surface area contributed by atoms with Crippen molar-refractivity contribution in [2.75, 3.05) is 4.90 Å². The van der Waals surface area contributed by atoms with E-state index in [-0.39, 0.29) is 5.41 Å². The van der Waals surface area contributed by atoms with Crippen LogP contribution in [-0.4, -0.2) is 0 Å². The largest absolute Gasteiger partial charge is 0.309 e. The van der Waals surface area contributed by atoms with Crippen molar-refractivity contribution in [1.29, 1.82) is 0 Å². The summed E-state index contributed by atoms with van der Waals surface area (Å²) >= 11 is 0. The second kappa shape index (κ2) is 12.6. The number of rotatable bonds is 5. The zero-order valence-corrected chi connectivity index (χ0v) is 32.1. The van der Waals surface area contributed by atoms with Crippen molar-refractivity contribution < 1.29 is 0 Å². The third kappa shape index (κ3) is 5.45. The molecule has 10 aromatic rings. The Balaban J connectivity index is 1.23. The smallest absolute Gasteiger partial charge is 0.0618 e. The van der Waals surface area contributed by atoms with Gasteiger partial charge in [-0.25, -0.2) is 0 Å². The molecule has 0 fully saturated rings. The summed E-state index contributed by atoms with van der Waals surface area (Å²) in [6, 6.07) is 63.7. The maximum atomic E-state index is 2.47. The first-order valence-electron chi connectivity index (χ1n) is 19.4. The van der Waals surface area contributed by atoms with Crippen LogP contribution >= 0.6 is 0 Å². The Labute approximate surface area is 323 Å². The molecule has 0 bridgehead atoms. The van der Waals surface area contributed by atoms with Gasteiger partial charge in [0.05, 0.1) is 5.69 Å². The number of anilines is 3. The first-order valence-corrected chi connectivity index (χ1v) is 19.4. The average molecular weight is 706 g/mol. The molecule has 0 saturated heterocycles. The number of hydrogen-bond donors (Lipinski definition) is 0. The number of nitrogens with zero attached hydrogens (tertiary/aromatic N) is 1. The van der Waals surface area contributed by atoms with Gasteiger partial charge < -0.3 is 4.90 Å². The Hall–Kier alpha value is -6.44. The fourth-order valence-electron chi connectivity index (χ4n) is 8.94. The van der Waals surface area contributed by atoms with Crippen LogP contribution in [0.3, 0.4) is 0 Å². The molecule has 0 aliphatic heterocycles. The van der Waals surface area contributed by atoms with Gasteiger partial charge in [0.15, 0.2) is 0 Å². The number of fused-ring (bicyclic) bond motifs is 2. The van der Waals surface area contributed by atoms with Crippen LogP contribution in [0.4, 0.5) is 17.1 Å². The fraction of sp³-hybridized carbons (Fsp3) is 0.111. The topological polar surface area (TPSA) is 3.24 Å². The molecular weight excluding hydrogens is 663 g/mol. The Morgan fingerprint density at radius 2 is 0.927 bits per heavy atom. The summed E-state index contributed by atoms with van der Waals surface area (Å²) in [6.45, 7) is 11.2. The lowest BCUT2D eigenvalue weighted by atomic mass is 9.86. The van der Waals surface area contributed by atoms with Crippen molar-refractivity contribution in [3.63, 3.8) is 0 Å². The molecule has 55 heavy (non-hydrogen) atoms. The van der Waals surface area contributed by atoms with Gasteiger partial charge in [0, 0.05) is 22.1 Å². The maximum absolute atomic E-state index is 2.47. The maximum Gasteiger partial charge on any atom is 0.0618 e. The quantitative estimate of drug-likeness (QED) is 0.127. The molecule has 1 nitrogen and oxygen atoms in total. The highest BCUT2D eigenvalue weighted by molar-refractivity contribution is 6.26. The van der Waals surface area contributed by atoms with E-state index in [0.29, 0.717) is 0 Å². The molecule has 10 rings (SSSR count). The molecule has 0 aliphatic carbocycles. The number of benzene rings is 10. The average Bonchev–Trinajstić information content (AvgIpc) is 3.20. The molecule has 0 amide bonds. The van der Waals surface area contributed by atoms with Gasteiger partial charge in [0.25, 0.3) is 0 Å². The van der Waals surface area contributed by atoms with E-state index >= 15 is 0 Å². The van der Waals surface area contributed by atoms with E-state index in [1.165, 1.54) is 98.5 Å². The fourth-order valence-corrected chi connectivity index (χ4v) is 8.94. The van der Waals surface area contributed by atoms with Crippen LogP contribution in [-0.2, 0) is 5.41 Å². The number of hydrogen-bond acceptors (Lipinski definition) is 1. The molecule has 10 aromatic carbocycles. The molecule has 0 atom stereocenters. The van der Waals surface area contributed by atoms with Crippen molar-refractivity contribution >= 4 is 70.9 Å². The molecule has 0 saturated carbocycles. The van der Waals surface area contributed by atoms with E-state index in [0.717, 1.165) is 11.4 Å². The Morgan fingerprint density at radius 1 is 0.400 bits per heavy atom. The van der Waals surface area contributed by atoms with E-state index in [2.05, 4.69) is 209 Å². The van der Waals surface area contributed by atoms with Crippen molar-refractivity contribution in [3.05, 3.63) is 187 Å². The summed E-state index contributed by atoms with van der Waals surface area (Å²) in [7, 11) is 0. The van der Waals surface area contributed by atoms with E-state index in [1.807, 2.05) is 0 Å². The van der Waals surface area contributed by atoms with Crippen molar-refractivity contribution in [1.82, 2.24) is 0 Å². The molecule has 0 spiro atoms. The molecular formula is C54H43N. The predicted molar refractivity (Wildman–Crippen MR) is 239 cm³/mol. The Bertz CT molecular complexity index is 3000. The van der Waals surface area contributed by atoms with E-state index in [1.54, 1.807) is 0 Å². The lowest BCUT2D eigenvalue weighted by Crippen LogP contribution is -2.14. The SMILES string of the molecule is Cc1ccc(N(c2ccc(C(C)(C)C)cc2)c2c3ccccc3c(-c3cc(C)cc(-c4ccc5ccc6cccc7ccc4c5c67)c3)c3ccccc23)cc1. The van der Waals surface area contributed by atoms with Gasteiger partial charge in [-0.2, -0.15) is 0 Å². The van der Waals surface area contributed by atoms with Gasteiger partial charge in [-0.05, 0) is 126 Å². The van der Waals surface area contributed by atoms with Crippen LogP contribution in [0.5, 0.6) is 0 Å². The molecule has 0 heterocycles. The van der Waals surface area contributed by atoms with Crippen molar-refractivity contribution in [3.8, 4) is 22.3 Å². The summed E-state index contributed by atoms with van der Waals surface area (Å²) in [5.74, 6) is 0. The van der Waals surface area contributed by atoms with E-state index < -0.39 is 0 Å². The second-order valence-corrected chi connectivity index (χ2v) is 16.3. The second-order valence-electron chi connectivity index (χ2n) is 16.3. The van der Waals surface area contributed by atoms with Gasteiger partial charge >= 0.3 is 0 Å². The first-order chi connectivity index (χ1) is 26.7. The van der Waals surface area contributed by atoms with E-state index in [9.17, 15) is 0 Å². The minimum absolute atomic E-state index is 0.0680. The predicted octanol–water partition coefficient (Wildman–Crippen LogP) is 15.6. The first kappa shape index (κ1) is 33.2. The third-order valence-electron chi connectivity index (χ3n) is 11.6. The summed E-state index contributed by atoms with van der Waals surface area (Å²) in [6.07, 6.45) is 0. The van der Waals surface area contributed by atoms with Gasteiger partial charge in [0.1, 0.15) is 0 Å².